The van der Waals surface area contributed by atoms with E-state index < -0.39 is 0 Å². The Morgan fingerprint density at radius 3 is 2.90 bits per heavy atom. The van der Waals surface area contributed by atoms with Crippen LogP contribution in [0.3, 0.4) is 0 Å². The lowest BCUT2D eigenvalue weighted by Gasteiger charge is -2.41. The van der Waals surface area contributed by atoms with Crippen molar-refractivity contribution in [1.82, 2.24) is 0 Å². The quantitative estimate of drug-likeness (QED) is 0.785. The second kappa shape index (κ2) is 4.94. The second-order valence-electron chi connectivity index (χ2n) is 6.90. The van der Waals surface area contributed by atoms with E-state index in [2.05, 4.69) is 33.4 Å². The van der Waals surface area contributed by atoms with Gasteiger partial charge in [-0.15, -0.1) is 6.58 Å². The van der Waals surface area contributed by atoms with Crippen molar-refractivity contribution in [1.29, 1.82) is 0 Å². The Kier molecular flexibility index (Phi) is 3.35. The number of hydrogen-bond acceptors (Lipinski definition) is 2. The standard InChI is InChI=1S/C19H24O2/c1-5-6-13-10-16(20)18-14-9-12(2)7-8-15(14)19(3,4)21-17(18)11-13/h5,10-12,20H,1,6-9H2,2-4H3. The first-order chi connectivity index (χ1) is 9.92. The Balaban J connectivity index is 2.18. The molecule has 0 amide bonds. The minimum atomic E-state index is -0.276. The summed E-state index contributed by atoms with van der Waals surface area (Å²) >= 11 is 0. The third-order valence-electron chi connectivity index (χ3n) is 4.72. The van der Waals surface area contributed by atoms with Gasteiger partial charge in [0.05, 0.1) is 5.56 Å². The molecule has 2 nitrogen and oxygen atoms in total. The Labute approximate surface area is 127 Å². The molecule has 2 heteroatoms. The predicted molar refractivity (Wildman–Crippen MR) is 86.6 cm³/mol. The molecular formula is C19H24O2. The summed E-state index contributed by atoms with van der Waals surface area (Å²) in [7, 11) is 0. The largest absolute Gasteiger partial charge is 0.507 e. The number of phenolic OH excluding ortho intramolecular Hbond substituents is 1. The van der Waals surface area contributed by atoms with E-state index in [1.54, 1.807) is 0 Å². The van der Waals surface area contributed by atoms with Crippen LogP contribution in [-0.4, -0.2) is 10.7 Å². The van der Waals surface area contributed by atoms with E-state index in [9.17, 15) is 5.11 Å². The molecule has 1 aliphatic heterocycles. The molecule has 1 N–H and O–H groups in total. The lowest BCUT2D eigenvalue weighted by Crippen LogP contribution is -2.36. The molecule has 1 aromatic rings. The highest BCUT2D eigenvalue weighted by Gasteiger charge is 2.38. The highest BCUT2D eigenvalue weighted by molar-refractivity contribution is 5.81. The Morgan fingerprint density at radius 1 is 1.43 bits per heavy atom. The summed E-state index contributed by atoms with van der Waals surface area (Å²) < 4.78 is 6.24. The Morgan fingerprint density at radius 2 is 2.19 bits per heavy atom. The maximum Gasteiger partial charge on any atom is 0.132 e. The van der Waals surface area contributed by atoms with E-state index in [1.807, 2.05) is 12.1 Å². The van der Waals surface area contributed by atoms with E-state index in [4.69, 9.17) is 4.74 Å². The van der Waals surface area contributed by atoms with E-state index >= 15 is 0 Å². The molecule has 1 atom stereocenters. The van der Waals surface area contributed by atoms with Gasteiger partial charge in [-0.1, -0.05) is 13.0 Å². The number of allylic oxidation sites excluding steroid dienone is 2. The van der Waals surface area contributed by atoms with Crippen molar-refractivity contribution in [3.8, 4) is 11.5 Å². The van der Waals surface area contributed by atoms with Crippen molar-refractivity contribution in [2.75, 3.05) is 0 Å². The topological polar surface area (TPSA) is 29.5 Å². The van der Waals surface area contributed by atoms with Gasteiger partial charge in [-0.2, -0.15) is 0 Å². The summed E-state index contributed by atoms with van der Waals surface area (Å²) in [6, 6.07) is 3.91. The van der Waals surface area contributed by atoms with Crippen LogP contribution in [0.25, 0.3) is 5.57 Å². The van der Waals surface area contributed by atoms with Crippen molar-refractivity contribution in [2.45, 2.75) is 52.1 Å². The van der Waals surface area contributed by atoms with Gasteiger partial charge in [-0.05, 0) is 74.3 Å². The molecule has 0 aromatic heterocycles. The molecule has 1 unspecified atom stereocenters. The molecule has 0 bridgehead atoms. The van der Waals surface area contributed by atoms with Crippen LogP contribution in [0.4, 0.5) is 0 Å². The normalized spacial score (nSPS) is 23.1. The van der Waals surface area contributed by atoms with Gasteiger partial charge >= 0.3 is 0 Å². The zero-order valence-electron chi connectivity index (χ0n) is 13.2. The van der Waals surface area contributed by atoms with Gasteiger partial charge < -0.3 is 9.84 Å². The summed E-state index contributed by atoms with van der Waals surface area (Å²) in [5.74, 6) is 1.84. The second-order valence-corrected chi connectivity index (χ2v) is 6.90. The molecule has 0 spiro atoms. The average Bonchev–Trinajstić information content (AvgIpc) is 2.37. The van der Waals surface area contributed by atoms with Gasteiger partial charge in [0.2, 0.25) is 0 Å². The van der Waals surface area contributed by atoms with Crippen molar-refractivity contribution in [3.63, 3.8) is 0 Å². The lowest BCUT2D eigenvalue weighted by molar-refractivity contribution is 0.135. The zero-order chi connectivity index (χ0) is 15.2. The highest BCUT2D eigenvalue weighted by Crippen LogP contribution is 2.51. The smallest absolute Gasteiger partial charge is 0.132 e. The van der Waals surface area contributed by atoms with Crippen LogP contribution in [0.2, 0.25) is 0 Å². The monoisotopic (exact) mass is 284 g/mol. The van der Waals surface area contributed by atoms with Crippen LogP contribution in [0, 0.1) is 5.92 Å². The van der Waals surface area contributed by atoms with Crippen LogP contribution in [0.15, 0.2) is 30.4 Å². The van der Waals surface area contributed by atoms with Crippen LogP contribution in [0.5, 0.6) is 11.5 Å². The molecule has 21 heavy (non-hydrogen) atoms. The third-order valence-corrected chi connectivity index (χ3v) is 4.72. The first kappa shape index (κ1) is 14.2. The van der Waals surface area contributed by atoms with Crippen LogP contribution in [-0.2, 0) is 6.42 Å². The maximum atomic E-state index is 10.5. The first-order valence-electron chi connectivity index (χ1n) is 7.81. The number of aromatic hydroxyl groups is 1. The molecule has 0 radical (unpaired) electrons. The number of benzene rings is 1. The summed E-state index contributed by atoms with van der Waals surface area (Å²) in [6.45, 7) is 10.3. The molecular weight excluding hydrogens is 260 g/mol. The lowest BCUT2D eigenvalue weighted by atomic mass is 9.74. The van der Waals surface area contributed by atoms with Gasteiger partial charge in [-0.25, -0.2) is 0 Å². The fraction of sp³-hybridized carbons (Fsp3) is 0.474. The Hall–Kier alpha value is -1.70. The number of ether oxygens (including phenoxy) is 1. The van der Waals surface area contributed by atoms with E-state index in [0.717, 1.165) is 36.1 Å². The van der Waals surface area contributed by atoms with Crippen LogP contribution >= 0.6 is 0 Å². The van der Waals surface area contributed by atoms with Gasteiger partial charge in [0.15, 0.2) is 0 Å². The average molecular weight is 284 g/mol. The molecule has 0 saturated carbocycles. The minimum Gasteiger partial charge on any atom is -0.507 e. The van der Waals surface area contributed by atoms with Crippen LogP contribution < -0.4 is 4.74 Å². The number of hydrogen-bond donors (Lipinski definition) is 1. The maximum absolute atomic E-state index is 10.5. The molecule has 1 aromatic carbocycles. The number of rotatable bonds is 2. The summed E-state index contributed by atoms with van der Waals surface area (Å²) in [4.78, 5) is 0. The molecule has 0 saturated heterocycles. The van der Waals surface area contributed by atoms with Gasteiger partial charge in [-0.3, -0.25) is 0 Å². The van der Waals surface area contributed by atoms with E-state index in [0.29, 0.717) is 11.7 Å². The zero-order valence-corrected chi connectivity index (χ0v) is 13.2. The van der Waals surface area contributed by atoms with Gasteiger partial charge in [0.25, 0.3) is 0 Å². The third kappa shape index (κ3) is 2.37. The number of fused-ring (bicyclic) bond motifs is 2. The summed E-state index contributed by atoms with van der Waals surface area (Å²) in [5, 5.41) is 10.5. The molecule has 2 aliphatic rings. The Bertz CT molecular complexity index is 623. The predicted octanol–water partition coefficient (Wildman–Crippen LogP) is 4.87. The van der Waals surface area contributed by atoms with Gasteiger partial charge in [0, 0.05) is 0 Å². The first-order valence-corrected chi connectivity index (χ1v) is 7.81. The molecule has 0 fully saturated rings. The van der Waals surface area contributed by atoms with E-state index in [-0.39, 0.29) is 5.60 Å². The summed E-state index contributed by atoms with van der Waals surface area (Å²) in [6.07, 6.45) is 5.89. The van der Waals surface area contributed by atoms with Crippen molar-refractivity contribution in [3.05, 3.63) is 41.5 Å². The number of phenols is 1. The fourth-order valence-electron chi connectivity index (χ4n) is 3.69. The van der Waals surface area contributed by atoms with Crippen molar-refractivity contribution < 1.29 is 9.84 Å². The van der Waals surface area contributed by atoms with Crippen molar-refractivity contribution in [2.24, 2.45) is 5.92 Å². The minimum absolute atomic E-state index is 0.276. The van der Waals surface area contributed by atoms with Crippen molar-refractivity contribution >= 4 is 5.57 Å². The summed E-state index contributed by atoms with van der Waals surface area (Å²) in [5.41, 5.74) is 4.36. The van der Waals surface area contributed by atoms with E-state index in [1.165, 1.54) is 17.6 Å². The highest BCUT2D eigenvalue weighted by atomic mass is 16.5. The fourth-order valence-corrected chi connectivity index (χ4v) is 3.69. The SMILES string of the molecule is C=CCc1cc(O)c2c(c1)OC(C)(C)C1=C2CC(C)CC1. The molecule has 1 aliphatic carbocycles. The van der Waals surface area contributed by atoms with Gasteiger partial charge in [0.1, 0.15) is 17.1 Å². The molecule has 3 rings (SSSR count). The molecule has 1 heterocycles. The molecule has 112 valence electrons. The van der Waals surface area contributed by atoms with Crippen LogP contribution in [0.1, 0.15) is 51.2 Å².